The van der Waals surface area contributed by atoms with Crippen molar-refractivity contribution in [1.82, 2.24) is 0 Å². The van der Waals surface area contributed by atoms with Crippen molar-refractivity contribution >= 4 is 11.8 Å². The molecule has 0 aliphatic rings. The molecular weight excluding hydrogens is 125 g/mol. The summed E-state index contributed by atoms with van der Waals surface area (Å²) in [5.41, 5.74) is -2.01. The molecule has 0 saturated heterocycles. The van der Waals surface area contributed by atoms with Crippen LogP contribution in [0.3, 0.4) is 0 Å². The minimum absolute atomic E-state index is 0.516. The highest BCUT2D eigenvalue weighted by molar-refractivity contribution is 7.99. The molecule has 0 aromatic heterocycles. The molecular formula is C3H5F3S. The Bertz CT molecular complexity index is 47.4. The van der Waals surface area contributed by atoms with Gasteiger partial charge in [-0.25, -0.2) is 13.2 Å². The van der Waals surface area contributed by atoms with Crippen LogP contribution in [0.2, 0.25) is 0 Å². The van der Waals surface area contributed by atoms with Crippen LogP contribution in [0.15, 0.2) is 0 Å². The molecule has 0 amide bonds. The number of alkyl halides is 3. The van der Waals surface area contributed by atoms with E-state index in [4.69, 9.17) is 0 Å². The molecule has 0 N–H and O–H groups in total. The van der Waals surface area contributed by atoms with Gasteiger partial charge in [-0.1, -0.05) is 0 Å². The molecule has 0 aromatic rings. The largest absolute Gasteiger partial charge is 0.278 e. The molecule has 0 saturated carbocycles. The summed E-state index contributed by atoms with van der Waals surface area (Å²) >= 11 is 0.516. The Labute approximate surface area is 44.1 Å². The second kappa shape index (κ2) is 3.18. The van der Waals surface area contributed by atoms with Gasteiger partial charge >= 0.3 is 0 Å². The Morgan fingerprint density at radius 1 is 1.29 bits per heavy atom. The van der Waals surface area contributed by atoms with Gasteiger partial charge in [0, 0.05) is 0 Å². The molecule has 0 fully saturated rings. The average molecular weight is 130 g/mol. The van der Waals surface area contributed by atoms with E-state index < -0.39 is 11.9 Å². The van der Waals surface area contributed by atoms with Crippen molar-refractivity contribution in [1.29, 1.82) is 0 Å². The summed E-state index contributed by atoms with van der Waals surface area (Å²) in [5, 5.41) is 0. The van der Waals surface area contributed by atoms with Gasteiger partial charge in [-0.15, -0.1) is 11.8 Å². The van der Waals surface area contributed by atoms with Crippen molar-refractivity contribution in [3.05, 3.63) is 0 Å². The SMILES string of the molecule is CSC(F)C(F)F. The number of hydrogen-bond donors (Lipinski definition) is 0. The van der Waals surface area contributed by atoms with Gasteiger partial charge in [0.1, 0.15) is 0 Å². The molecule has 0 spiro atoms. The summed E-state index contributed by atoms with van der Waals surface area (Å²) in [4.78, 5) is 0. The highest BCUT2D eigenvalue weighted by atomic mass is 32.2. The van der Waals surface area contributed by atoms with E-state index >= 15 is 0 Å². The van der Waals surface area contributed by atoms with Gasteiger partial charge in [-0.2, -0.15) is 0 Å². The van der Waals surface area contributed by atoms with Crippen molar-refractivity contribution in [2.24, 2.45) is 0 Å². The number of hydrogen-bond acceptors (Lipinski definition) is 1. The van der Waals surface area contributed by atoms with E-state index in [1.165, 1.54) is 6.26 Å². The molecule has 0 radical (unpaired) electrons. The van der Waals surface area contributed by atoms with Crippen LogP contribution in [-0.4, -0.2) is 18.2 Å². The van der Waals surface area contributed by atoms with E-state index in [-0.39, 0.29) is 0 Å². The third-order valence-electron chi connectivity index (χ3n) is 0.423. The lowest BCUT2D eigenvalue weighted by atomic mass is 10.8. The third kappa shape index (κ3) is 2.79. The second-order valence-corrected chi connectivity index (χ2v) is 1.84. The number of thioether (sulfide) groups is 1. The van der Waals surface area contributed by atoms with Crippen LogP contribution < -0.4 is 0 Å². The predicted molar refractivity (Wildman–Crippen MR) is 24.4 cm³/mol. The van der Waals surface area contributed by atoms with Gasteiger partial charge < -0.3 is 0 Å². The maximum Gasteiger partial charge on any atom is 0.278 e. The molecule has 1 unspecified atom stereocenters. The zero-order valence-electron chi connectivity index (χ0n) is 3.70. The zero-order valence-corrected chi connectivity index (χ0v) is 4.51. The van der Waals surface area contributed by atoms with E-state index in [1.54, 1.807) is 0 Å². The Hall–Kier alpha value is 0.140. The highest BCUT2D eigenvalue weighted by Crippen LogP contribution is 2.15. The van der Waals surface area contributed by atoms with Gasteiger partial charge in [0.25, 0.3) is 6.43 Å². The number of rotatable bonds is 2. The Kier molecular flexibility index (Phi) is 3.25. The third-order valence-corrected chi connectivity index (χ3v) is 1.08. The molecule has 0 bridgehead atoms. The van der Waals surface area contributed by atoms with Crippen LogP contribution in [0, 0.1) is 0 Å². The van der Waals surface area contributed by atoms with Gasteiger partial charge in [-0.05, 0) is 6.26 Å². The summed E-state index contributed by atoms with van der Waals surface area (Å²) in [6.45, 7) is 0. The van der Waals surface area contributed by atoms with E-state index in [0.717, 1.165) is 0 Å². The first-order valence-corrected chi connectivity index (χ1v) is 2.92. The van der Waals surface area contributed by atoms with Crippen LogP contribution in [0.4, 0.5) is 13.2 Å². The highest BCUT2D eigenvalue weighted by Gasteiger charge is 2.15. The standard InChI is InChI=1S/C3H5F3S/c1-7-3(6)2(4)5/h2-3H,1H3. The lowest BCUT2D eigenvalue weighted by Crippen LogP contribution is -2.05. The zero-order chi connectivity index (χ0) is 5.86. The van der Waals surface area contributed by atoms with Crippen LogP contribution in [0.25, 0.3) is 0 Å². The van der Waals surface area contributed by atoms with Crippen molar-refractivity contribution in [3.63, 3.8) is 0 Å². The van der Waals surface area contributed by atoms with E-state index in [2.05, 4.69) is 0 Å². The molecule has 0 aromatic carbocycles. The van der Waals surface area contributed by atoms with Crippen molar-refractivity contribution in [3.8, 4) is 0 Å². The topological polar surface area (TPSA) is 0 Å². The van der Waals surface area contributed by atoms with Gasteiger partial charge in [0.15, 0.2) is 0 Å². The fourth-order valence-corrected chi connectivity index (χ4v) is 0.309. The van der Waals surface area contributed by atoms with Crippen molar-refractivity contribution in [2.75, 3.05) is 6.26 Å². The fraction of sp³-hybridized carbons (Fsp3) is 1.00. The number of halogens is 3. The Balaban J connectivity index is 3.14. The molecule has 0 nitrogen and oxygen atoms in total. The van der Waals surface area contributed by atoms with Crippen LogP contribution >= 0.6 is 11.8 Å². The predicted octanol–water partition coefficient (Wildman–Crippen LogP) is 1.91. The van der Waals surface area contributed by atoms with Gasteiger partial charge in [0.05, 0.1) is 0 Å². The average Bonchev–Trinajstić information content (AvgIpc) is 1.65. The first kappa shape index (κ1) is 7.14. The lowest BCUT2D eigenvalue weighted by Gasteiger charge is -1.98. The first-order chi connectivity index (χ1) is 3.18. The van der Waals surface area contributed by atoms with Crippen LogP contribution in [0.1, 0.15) is 0 Å². The summed E-state index contributed by atoms with van der Waals surface area (Å²) < 4.78 is 33.5. The molecule has 1 atom stereocenters. The quantitative estimate of drug-likeness (QED) is 0.550. The minimum atomic E-state index is -2.84. The molecule has 7 heavy (non-hydrogen) atoms. The monoisotopic (exact) mass is 130 g/mol. The first-order valence-electron chi connectivity index (χ1n) is 1.63. The van der Waals surface area contributed by atoms with E-state index in [9.17, 15) is 13.2 Å². The molecule has 0 aliphatic heterocycles. The Morgan fingerprint density at radius 3 is 1.71 bits per heavy atom. The summed E-state index contributed by atoms with van der Waals surface area (Å²) in [6, 6.07) is 0. The normalized spacial score (nSPS) is 15.0. The smallest absolute Gasteiger partial charge is 0.229 e. The lowest BCUT2D eigenvalue weighted by molar-refractivity contribution is 0.0955. The van der Waals surface area contributed by atoms with Gasteiger partial charge in [-0.3, -0.25) is 0 Å². The molecule has 0 rings (SSSR count). The molecule has 44 valence electrons. The molecule has 0 aliphatic carbocycles. The maximum atomic E-state index is 11.5. The molecule has 4 heteroatoms. The van der Waals surface area contributed by atoms with E-state index in [0.29, 0.717) is 11.8 Å². The second-order valence-electron chi connectivity index (χ2n) is 0.921. The fourth-order valence-electron chi connectivity index (χ4n) is 0.103. The maximum absolute atomic E-state index is 11.5. The summed E-state index contributed by atoms with van der Waals surface area (Å²) in [6.07, 6.45) is -1.54. The summed E-state index contributed by atoms with van der Waals surface area (Å²) in [7, 11) is 0. The Morgan fingerprint density at radius 2 is 1.71 bits per heavy atom. The van der Waals surface area contributed by atoms with E-state index in [1.807, 2.05) is 0 Å². The molecule has 0 heterocycles. The van der Waals surface area contributed by atoms with Crippen LogP contribution in [-0.2, 0) is 0 Å². The van der Waals surface area contributed by atoms with Crippen molar-refractivity contribution in [2.45, 2.75) is 11.9 Å². The van der Waals surface area contributed by atoms with Crippen molar-refractivity contribution < 1.29 is 13.2 Å². The minimum Gasteiger partial charge on any atom is -0.229 e. The van der Waals surface area contributed by atoms with Gasteiger partial charge in [0.2, 0.25) is 5.50 Å². The van der Waals surface area contributed by atoms with Crippen LogP contribution in [0.5, 0.6) is 0 Å². The summed E-state index contributed by atoms with van der Waals surface area (Å²) in [5.74, 6) is 0.